The Morgan fingerprint density at radius 3 is 2.79 bits per heavy atom. The van der Waals surface area contributed by atoms with Crippen molar-refractivity contribution in [2.24, 2.45) is 0 Å². The van der Waals surface area contributed by atoms with Crippen LogP contribution in [-0.2, 0) is 20.9 Å². The molecule has 130 valence electrons. The van der Waals surface area contributed by atoms with E-state index in [0.717, 1.165) is 5.56 Å². The van der Waals surface area contributed by atoms with Crippen LogP contribution in [0.4, 0.5) is 4.79 Å². The highest BCUT2D eigenvalue weighted by atomic mass is 16.6. The molecule has 1 heterocycles. The predicted molar refractivity (Wildman–Crippen MR) is 90.4 cm³/mol. The average Bonchev–Trinajstić information content (AvgIpc) is 2.59. The number of ketones is 1. The third kappa shape index (κ3) is 6.04. The highest BCUT2D eigenvalue weighted by Crippen LogP contribution is 2.12. The van der Waals surface area contributed by atoms with E-state index in [-0.39, 0.29) is 31.0 Å². The number of morpholine rings is 1. The summed E-state index contributed by atoms with van der Waals surface area (Å²) in [6.07, 6.45) is 2.82. The van der Waals surface area contributed by atoms with Gasteiger partial charge in [0.2, 0.25) is 0 Å². The molecule has 1 aliphatic heterocycles. The van der Waals surface area contributed by atoms with Crippen molar-refractivity contribution in [2.75, 3.05) is 33.8 Å². The number of hydrogen-bond acceptors (Lipinski definition) is 5. The molecule has 0 bridgehead atoms. The molecule has 0 spiro atoms. The minimum Gasteiger partial charge on any atom is -0.445 e. The first kappa shape index (κ1) is 18.0. The van der Waals surface area contributed by atoms with E-state index in [4.69, 9.17) is 9.47 Å². The van der Waals surface area contributed by atoms with Crippen molar-refractivity contribution in [3.8, 4) is 0 Å². The van der Waals surface area contributed by atoms with Crippen molar-refractivity contribution < 1.29 is 19.1 Å². The van der Waals surface area contributed by atoms with Gasteiger partial charge in [0.05, 0.1) is 19.3 Å². The third-order valence-corrected chi connectivity index (χ3v) is 3.59. The van der Waals surface area contributed by atoms with E-state index in [2.05, 4.69) is 0 Å². The Labute approximate surface area is 142 Å². The van der Waals surface area contributed by atoms with Crippen LogP contribution in [0.1, 0.15) is 12.0 Å². The largest absolute Gasteiger partial charge is 0.445 e. The monoisotopic (exact) mass is 332 g/mol. The van der Waals surface area contributed by atoms with Gasteiger partial charge in [-0.3, -0.25) is 4.79 Å². The number of rotatable bonds is 6. The summed E-state index contributed by atoms with van der Waals surface area (Å²) in [7, 11) is 3.71. The summed E-state index contributed by atoms with van der Waals surface area (Å²) in [5.41, 5.74) is 0.944. The van der Waals surface area contributed by atoms with Crippen LogP contribution in [0.5, 0.6) is 0 Å². The zero-order valence-corrected chi connectivity index (χ0v) is 14.2. The minimum atomic E-state index is -0.372. The van der Waals surface area contributed by atoms with Crippen molar-refractivity contribution in [1.82, 2.24) is 9.80 Å². The first-order valence-corrected chi connectivity index (χ1v) is 7.99. The zero-order chi connectivity index (χ0) is 17.4. The summed E-state index contributed by atoms with van der Waals surface area (Å²) < 4.78 is 10.9. The van der Waals surface area contributed by atoms with Gasteiger partial charge >= 0.3 is 6.09 Å². The molecule has 1 unspecified atom stereocenters. The SMILES string of the molecule is CN(C)/C=C/C(=O)CC1CN(C(=O)OCc2ccccc2)CCO1. The average molecular weight is 332 g/mol. The number of carbonyl (C=O) groups excluding carboxylic acids is 2. The summed E-state index contributed by atoms with van der Waals surface area (Å²) in [6, 6.07) is 9.54. The maximum absolute atomic E-state index is 12.2. The molecule has 1 aromatic carbocycles. The molecule has 6 nitrogen and oxygen atoms in total. The Bertz CT molecular complexity index is 572. The lowest BCUT2D eigenvalue weighted by Gasteiger charge is -2.31. The normalized spacial score (nSPS) is 17.8. The van der Waals surface area contributed by atoms with E-state index in [1.165, 1.54) is 6.08 Å². The Morgan fingerprint density at radius 2 is 2.08 bits per heavy atom. The molecule has 1 aromatic rings. The maximum Gasteiger partial charge on any atom is 0.410 e. The van der Waals surface area contributed by atoms with E-state index < -0.39 is 0 Å². The van der Waals surface area contributed by atoms with Gasteiger partial charge in [0.25, 0.3) is 0 Å². The molecule has 0 N–H and O–H groups in total. The molecule has 0 saturated carbocycles. The topological polar surface area (TPSA) is 59.1 Å². The number of benzene rings is 1. The molecule has 1 saturated heterocycles. The molecule has 24 heavy (non-hydrogen) atoms. The van der Waals surface area contributed by atoms with Crippen LogP contribution in [-0.4, -0.2) is 61.6 Å². The first-order chi connectivity index (χ1) is 11.5. The molecule has 0 aromatic heterocycles. The van der Waals surface area contributed by atoms with Crippen LogP contribution >= 0.6 is 0 Å². The van der Waals surface area contributed by atoms with Crippen molar-refractivity contribution >= 4 is 11.9 Å². The van der Waals surface area contributed by atoms with Gasteiger partial charge in [0.1, 0.15) is 6.61 Å². The van der Waals surface area contributed by atoms with Gasteiger partial charge in [-0.25, -0.2) is 4.79 Å². The lowest BCUT2D eigenvalue weighted by Crippen LogP contribution is -2.46. The van der Waals surface area contributed by atoms with Crippen LogP contribution in [0.15, 0.2) is 42.6 Å². The van der Waals surface area contributed by atoms with Crippen molar-refractivity contribution in [3.05, 3.63) is 48.2 Å². The number of amides is 1. The van der Waals surface area contributed by atoms with Gasteiger partial charge in [-0.05, 0) is 11.6 Å². The molecular formula is C18H24N2O4. The fraction of sp³-hybridized carbons (Fsp3) is 0.444. The van der Waals surface area contributed by atoms with E-state index >= 15 is 0 Å². The summed E-state index contributed by atoms with van der Waals surface area (Å²) in [6.45, 7) is 1.50. The smallest absolute Gasteiger partial charge is 0.410 e. The van der Waals surface area contributed by atoms with Gasteiger partial charge in [-0.15, -0.1) is 0 Å². The molecule has 0 aliphatic carbocycles. The molecule has 1 aliphatic rings. The zero-order valence-electron chi connectivity index (χ0n) is 14.2. The van der Waals surface area contributed by atoms with Crippen molar-refractivity contribution in [2.45, 2.75) is 19.1 Å². The van der Waals surface area contributed by atoms with Crippen LogP contribution in [0, 0.1) is 0 Å². The summed E-state index contributed by atoms with van der Waals surface area (Å²) >= 11 is 0. The Kier molecular flexibility index (Phi) is 6.81. The van der Waals surface area contributed by atoms with E-state index in [1.807, 2.05) is 44.4 Å². The van der Waals surface area contributed by atoms with Gasteiger partial charge in [-0.1, -0.05) is 30.3 Å². The van der Waals surface area contributed by atoms with E-state index in [0.29, 0.717) is 19.7 Å². The molecule has 0 radical (unpaired) electrons. The van der Waals surface area contributed by atoms with Crippen LogP contribution < -0.4 is 0 Å². The number of allylic oxidation sites excluding steroid dienone is 1. The number of carbonyl (C=O) groups is 2. The lowest BCUT2D eigenvalue weighted by atomic mass is 10.1. The van der Waals surface area contributed by atoms with Gasteiger partial charge in [-0.2, -0.15) is 0 Å². The van der Waals surface area contributed by atoms with Crippen LogP contribution in [0.25, 0.3) is 0 Å². The number of hydrogen-bond donors (Lipinski definition) is 0. The lowest BCUT2D eigenvalue weighted by molar-refractivity contribution is -0.119. The standard InChI is InChI=1S/C18H24N2O4/c1-19(2)9-8-16(21)12-17-13-20(10-11-23-17)18(22)24-14-15-6-4-3-5-7-15/h3-9,17H,10-14H2,1-2H3/b9-8+. The molecule has 2 rings (SSSR count). The summed E-state index contributed by atoms with van der Waals surface area (Å²) in [4.78, 5) is 27.4. The Balaban J connectivity index is 1.79. The summed E-state index contributed by atoms with van der Waals surface area (Å²) in [5, 5.41) is 0. The van der Waals surface area contributed by atoms with Gasteiger partial charge in [0.15, 0.2) is 5.78 Å². The molecule has 1 atom stereocenters. The fourth-order valence-electron chi connectivity index (χ4n) is 2.34. The highest BCUT2D eigenvalue weighted by Gasteiger charge is 2.26. The fourth-order valence-corrected chi connectivity index (χ4v) is 2.34. The number of nitrogens with zero attached hydrogens (tertiary/aromatic N) is 2. The molecule has 6 heteroatoms. The van der Waals surface area contributed by atoms with Crippen LogP contribution in [0.2, 0.25) is 0 Å². The van der Waals surface area contributed by atoms with Gasteiger partial charge < -0.3 is 19.3 Å². The predicted octanol–water partition coefficient (Wildman–Crippen LogP) is 2.06. The Hall–Kier alpha value is -2.34. The first-order valence-electron chi connectivity index (χ1n) is 7.99. The molecule has 1 amide bonds. The third-order valence-electron chi connectivity index (χ3n) is 3.59. The van der Waals surface area contributed by atoms with E-state index in [1.54, 1.807) is 16.0 Å². The quantitative estimate of drug-likeness (QED) is 0.746. The molecular weight excluding hydrogens is 308 g/mol. The van der Waals surface area contributed by atoms with Crippen LogP contribution in [0.3, 0.4) is 0 Å². The summed E-state index contributed by atoms with van der Waals surface area (Å²) in [5.74, 6) is -0.0202. The Morgan fingerprint density at radius 1 is 1.33 bits per heavy atom. The molecule has 1 fully saturated rings. The van der Waals surface area contributed by atoms with Crippen molar-refractivity contribution in [3.63, 3.8) is 0 Å². The van der Waals surface area contributed by atoms with Gasteiger partial charge in [0, 0.05) is 33.3 Å². The second-order valence-corrected chi connectivity index (χ2v) is 5.93. The maximum atomic E-state index is 12.2. The minimum absolute atomic E-state index is 0.0202. The van der Waals surface area contributed by atoms with Crippen molar-refractivity contribution in [1.29, 1.82) is 0 Å². The van der Waals surface area contributed by atoms with E-state index in [9.17, 15) is 9.59 Å². The highest BCUT2D eigenvalue weighted by molar-refractivity contribution is 5.89. The second-order valence-electron chi connectivity index (χ2n) is 5.93. The second kappa shape index (κ2) is 9.08. The number of ether oxygens (including phenoxy) is 2.